The second kappa shape index (κ2) is 5.24. The maximum atomic E-state index is 5.58. The molecule has 15 heavy (non-hydrogen) atoms. The number of nitrogens with one attached hydrogen (secondary N) is 1. The number of methoxy groups -OCH3 is 1. The monoisotopic (exact) mass is 228 g/mol. The van der Waals surface area contributed by atoms with Crippen LogP contribution in [-0.4, -0.2) is 20.2 Å². The molecule has 0 fully saturated rings. The van der Waals surface area contributed by atoms with Crippen molar-refractivity contribution in [1.82, 2.24) is 0 Å². The summed E-state index contributed by atoms with van der Waals surface area (Å²) in [6.45, 7) is 1.74. The zero-order chi connectivity index (χ0) is 9.97. The summed E-state index contributed by atoms with van der Waals surface area (Å²) in [4.78, 5) is 0. The van der Waals surface area contributed by atoms with Gasteiger partial charge in [-0.15, -0.1) is 12.4 Å². The van der Waals surface area contributed by atoms with E-state index in [1.54, 1.807) is 7.11 Å². The Morgan fingerprint density at radius 2 is 2.33 bits per heavy atom. The van der Waals surface area contributed by atoms with Gasteiger partial charge in [0, 0.05) is 18.2 Å². The minimum atomic E-state index is 0. The Kier molecular flexibility index (Phi) is 4.24. The highest BCUT2D eigenvalue weighted by Crippen LogP contribution is 2.35. The van der Waals surface area contributed by atoms with Crippen LogP contribution in [0.5, 0.6) is 5.75 Å². The van der Waals surface area contributed by atoms with Crippen LogP contribution in [0.2, 0.25) is 0 Å². The van der Waals surface area contributed by atoms with Crippen molar-refractivity contribution in [1.29, 1.82) is 0 Å². The SMILES string of the molecule is COc1ccc2c(c1)C(CCN)CN2.Cl. The van der Waals surface area contributed by atoms with Gasteiger partial charge in [0.2, 0.25) is 0 Å². The van der Waals surface area contributed by atoms with Crippen molar-refractivity contribution in [3.63, 3.8) is 0 Å². The van der Waals surface area contributed by atoms with Crippen LogP contribution in [0.3, 0.4) is 0 Å². The normalized spacial score (nSPS) is 17.6. The van der Waals surface area contributed by atoms with Crippen LogP contribution >= 0.6 is 12.4 Å². The summed E-state index contributed by atoms with van der Waals surface area (Å²) in [7, 11) is 1.70. The number of rotatable bonds is 3. The van der Waals surface area contributed by atoms with Crippen molar-refractivity contribution in [2.24, 2.45) is 5.73 Å². The summed E-state index contributed by atoms with van der Waals surface area (Å²) >= 11 is 0. The molecular weight excluding hydrogens is 212 g/mol. The predicted octanol–water partition coefficient (Wildman–Crippen LogP) is 1.97. The van der Waals surface area contributed by atoms with E-state index in [1.807, 2.05) is 6.07 Å². The van der Waals surface area contributed by atoms with E-state index in [0.717, 1.165) is 25.3 Å². The van der Waals surface area contributed by atoms with Crippen LogP contribution in [0.25, 0.3) is 0 Å². The lowest BCUT2D eigenvalue weighted by molar-refractivity contribution is 0.414. The Morgan fingerprint density at radius 3 is 3.00 bits per heavy atom. The van der Waals surface area contributed by atoms with Gasteiger partial charge in [-0.05, 0) is 36.7 Å². The standard InChI is InChI=1S/C11H16N2O.ClH/c1-14-9-2-3-11-10(6-9)8(4-5-12)7-13-11;/h2-3,6,8,13H,4-5,7,12H2,1H3;1H. The van der Waals surface area contributed by atoms with Gasteiger partial charge in [-0.2, -0.15) is 0 Å². The van der Waals surface area contributed by atoms with Gasteiger partial charge in [0.25, 0.3) is 0 Å². The van der Waals surface area contributed by atoms with Gasteiger partial charge in [-0.3, -0.25) is 0 Å². The van der Waals surface area contributed by atoms with E-state index in [-0.39, 0.29) is 12.4 Å². The molecule has 2 rings (SSSR count). The minimum Gasteiger partial charge on any atom is -0.497 e. The van der Waals surface area contributed by atoms with Gasteiger partial charge < -0.3 is 15.8 Å². The number of hydrogen-bond acceptors (Lipinski definition) is 3. The van der Waals surface area contributed by atoms with Crippen molar-refractivity contribution < 1.29 is 4.74 Å². The third kappa shape index (κ3) is 2.36. The third-order valence-electron chi connectivity index (χ3n) is 2.75. The number of anilines is 1. The molecule has 1 unspecified atom stereocenters. The van der Waals surface area contributed by atoms with E-state index in [9.17, 15) is 0 Å². The first-order valence-corrected chi connectivity index (χ1v) is 4.97. The Morgan fingerprint density at radius 1 is 1.53 bits per heavy atom. The molecule has 0 spiro atoms. The molecule has 0 radical (unpaired) electrons. The predicted molar refractivity (Wildman–Crippen MR) is 65.1 cm³/mol. The van der Waals surface area contributed by atoms with Crippen LogP contribution in [-0.2, 0) is 0 Å². The topological polar surface area (TPSA) is 47.3 Å². The summed E-state index contributed by atoms with van der Waals surface area (Å²) < 4.78 is 5.21. The smallest absolute Gasteiger partial charge is 0.119 e. The molecule has 0 aromatic heterocycles. The van der Waals surface area contributed by atoms with Gasteiger partial charge in [-0.1, -0.05) is 0 Å². The Labute approximate surface area is 96.4 Å². The van der Waals surface area contributed by atoms with Crippen LogP contribution in [0, 0.1) is 0 Å². The highest BCUT2D eigenvalue weighted by molar-refractivity contribution is 5.85. The van der Waals surface area contributed by atoms with E-state index >= 15 is 0 Å². The lowest BCUT2D eigenvalue weighted by atomic mass is 9.98. The number of hydrogen-bond donors (Lipinski definition) is 2. The molecule has 0 bridgehead atoms. The molecule has 0 saturated heterocycles. The fraction of sp³-hybridized carbons (Fsp3) is 0.455. The van der Waals surface area contributed by atoms with Crippen molar-refractivity contribution >= 4 is 18.1 Å². The van der Waals surface area contributed by atoms with E-state index in [0.29, 0.717) is 5.92 Å². The van der Waals surface area contributed by atoms with Crippen LogP contribution in [0.15, 0.2) is 18.2 Å². The number of ether oxygens (including phenoxy) is 1. The lowest BCUT2D eigenvalue weighted by Crippen LogP contribution is -2.08. The maximum absolute atomic E-state index is 5.58. The molecule has 3 N–H and O–H groups in total. The first-order chi connectivity index (χ1) is 6.85. The number of halogens is 1. The summed E-state index contributed by atoms with van der Waals surface area (Å²) in [5, 5.41) is 3.38. The van der Waals surface area contributed by atoms with E-state index in [1.165, 1.54) is 11.3 Å². The number of benzene rings is 1. The van der Waals surface area contributed by atoms with Crippen LogP contribution in [0.1, 0.15) is 17.9 Å². The lowest BCUT2D eigenvalue weighted by Gasteiger charge is -2.09. The summed E-state index contributed by atoms with van der Waals surface area (Å²) in [6, 6.07) is 6.16. The zero-order valence-electron chi connectivity index (χ0n) is 8.82. The molecule has 1 aromatic carbocycles. The van der Waals surface area contributed by atoms with E-state index in [2.05, 4.69) is 17.4 Å². The molecule has 1 aliphatic heterocycles. The fourth-order valence-corrected chi connectivity index (χ4v) is 1.97. The molecule has 1 atom stereocenters. The molecule has 4 heteroatoms. The summed E-state index contributed by atoms with van der Waals surface area (Å²) in [6.07, 6.45) is 1.03. The van der Waals surface area contributed by atoms with Crippen molar-refractivity contribution in [2.45, 2.75) is 12.3 Å². The highest BCUT2D eigenvalue weighted by atomic mass is 35.5. The summed E-state index contributed by atoms with van der Waals surface area (Å²) in [5.41, 5.74) is 8.15. The number of nitrogens with two attached hydrogens (primary N) is 1. The van der Waals surface area contributed by atoms with Gasteiger partial charge in [0.05, 0.1) is 7.11 Å². The first kappa shape index (κ1) is 12.1. The molecule has 1 heterocycles. The Bertz CT molecular complexity index is 328. The molecule has 0 saturated carbocycles. The summed E-state index contributed by atoms with van der Waals surface area (Å²) in [5.74, 6) is 1.47. The first-order valence-electron chi connectivity index (χ1n) is 4.97. The second-order valence-corrected chi connectivity index (χ2v) is 3.61. The third-order valence-corrected chi connectivity index (χ3v) is 2.75. The van der Waals surface area contributed by atoms with Gasteiger partial charge >= 0.3 is 0 Å². The van der Waals surface area contributed by atoms with Gasteiger partial charge in [0.1, 0.15) is 5.75 Å². The molecule has 1 aromatic rings. The molecule has 3 nitrogen and oxygen atoms in total. The largest absolute Gasteiger partial charge is 0.497 e. The van der Waals surface area contributed by atoms with Crippen LogP contribution < -0.4 is 15.8 Å². The molecule has 84 valence electrons. The van der Waals surface area contributed by atoms with Crippen molar-refractivity contribution in [3.8, 4) is 5.75 Å². The Hall–Kier alpha value is -0.930. The second-order valence-electron chi connectivity index (χ2n) is 3.61. The zero-order valence-corrected chi connectivity index (χ0v) is 9.64. The van der Waals surface area contributed by atoms with Crippen molar-refractivity contribution in [3.05, 3.63) is 23.8 Å². The molecule has 0 amide bonds. The molecular formula is C11H17ClN2O. The average Bonchev–Trinajstić information content (AvgIpc) is 2.61. The van der Waals surface area contributed by atoms with E-state index in [4.69, 9.17) is 10.5 Å². The molecule has 1 aliphatic rings. The van der Waals surface area contributed by atoms with Crippen LogP contribution in [0.4, 0.5) is 5.69 Å². The number of fused-ring (bicyclic) bond motifs is 1. The fourth-order valence-electron chi connectivity index (χ4n) is 1.97. The quantitative estimate of drug-likeness (QED) is 0.832. The van der Waals surface area contributed by atoms with Gasteiger partial charge in [0.15, 0.2) is 0 Å². The minimum absolute atomic E-state index is 0. The van der Waals surface area contributed by atoms with E-state index < -0.39 is 0 Å². The highest BCUT2D eigenvalue weighted by Gasteiger charge is 2.21. The van der Waals surface area contributed by atoms with Crippen molar-refractivity contribution in [2.75, 3.05) is 25.5 Å². The average molecular weight is 229 g/mol. The Balaban J connectivity index is 0.00000112. The maximum Gasteiger partial charge on any atom is 0.119 e. The molecule has 0 aliphatic carbocycles. The van der Waals surface area contributed by atoms with Gasteiger partial charge in [-0.25, -0.2) is 0 Å².